The van der Waals surface area contributed by atoms with E-state index >= 15 is 0 Å². The van der Waals surface area contributed by atoms with E-state index in [4.69, 9.17) is 9.47 Å². The molecule has 0 N–H and O–H groups in total. The number of methoxy groups -OCH3 is 2. The second kappa shape index (κ2) is 6.00. The first kappa shape index (κ1) is 15.1. The summed E-state index contributed by atoms with van der Waals surface area (Å²) >= 11 is 0. The molecule has 3 heteroatoms. The summed E-state index contributed by atoms with van der Waals surface area (Å²) < 4.78 is 10.9. The lowest BCUT2D eigenvalue weighted by Gasteiger charge is -2.30. The summed E-state index contributed by atoms with van der Waals surface area (Å²) in [6.45, 7) is 3.50. The molecule has 0 fully saturated rings. The summed E-state index contributed by atoms with van der Waals surface area (Å²) in [5.41, 5.74) is 0.855. The lowest BCUT2D eigenvalue weighted by molar-refractivity contribution is -0.120. The highest BCUT2D eigenvalue weighted by molar-refractivity contribution is 5.93. The zero-order valence-corrected chi connectivity index (χ0v) is 12.8. The van der Waals surface area contributed by atoms with E-state index in [2.05, 4.69) is 0 Å². The van der Waals surface area contributed by atoms with Crippen molar-refractivity contribution in [1.29, 1.82) is 0 Å². The van der Waals surface area contributed by atoms with E-state index in [1.165, 1.54) is 0 Å². The van der Waals surface area contributed by atoms with Gasteiger partial charge >= 0.3 is 0 Å². The van der Waals surface area contributed by atoms with Crippen LogP contribution in [0.25, 0.3) is 0 Å². The Morgan fingerprint density at radius 3 is 1.57 bits per heavy atom. The fourth-order valence-corrected chi connectivity index (χ4v) is 2.64. The van der Waals surface area contributed by atoms with Crippen molar-refractivity contribution in [3.05, 3.63) is 59.7 Å². The third-order valence-electron chi connectivity index (χ3n) is 4.00. The van der Waals surface area contributed by atoms with Crippen molar-refractivity contribution in [2.24, 2.45) is 0 Å². The number of ether oxygens (including phenoxy) is 2. The van der Waals surface area contributed by atoms with Gasteiger partial charge in [0.25, 0.3) is 0 Å². The predicted molar refractivity (Wildman–Crippen MR) is 83.1 cm³/mol. The maximum Gasteiger partial charge on any atom is 0.144 e. The van der Waals surface area contributed by atoms with Crippen molar-refractivity contribution in [2.75, 3.05) is 14.2 Å². The van der Waals surface area contributed by atoms with Gasteiger partial charge in [-0.2, -0.15) is 0 Å². The number of hydrogen-bond acceptors (Lipinski definition) is 3. The first-order valence-corrected chi connectivity index (χ1v) is 6.83. The molecule has 3 nitrogen and oxygen atoms in total. The number of rotatable bonds is 5. The maximum atomic E-state index is 12.5. The summed E-state index contributed by atoms with van der Waals surface area (Å²) in [4.78, 5) is 12.5. The fourth-order valence-electron chi connectivity index (χ4n) is 2.64. The van der Waals surface area contributed by atoms with Gasteiger partial charge in [-0.25, -0.2) is 0 Å². The fraction of sp³-hybridized carbons (Fsp3) is 0.278. The molecule has 0 atom stereocenters. The lowest BCUT2D eigenvalue weighted by atomic mass is 9.72. The van der Waals surface area contributed by atoms with Crippen LogP contribution in [0, 0.1) is 0 Å². The van der Waals surface area contributed by atoms with E-state index in [-0.39, 0.29) is 5.78 Å². The molecule has 110 valence electrons. The highest BCUT2D eigenvalue weighted by Crippen LogP contribution is 2.41. The maximum absolute atomic E-state index is 12.5. The largest absolute Gasteiger partial charge is 0.496 e. The summed E-state index contributed by atoms with van der Waals surface area (Å²) in [6, 6.07) is 15.2. The Bertz CT molecular complexity index is 599. The molecule has 0 radical (unpaired) electrons. The van der Waals surface area contributed by atoms with Crippen molar-refractivity contribution in [3.8, 4) is 11.5 Å². The first-order chi connectivity index (χ1) is 10.1. The van der Waals surface area contributed by atoms with Gasteiger partial charge in [-0.1, -0.05) is 36.4 Å². The number of carbonyl (C=O) groups excluding carboxylic acids is 1. The highest BCUT2D eigenvalue weighted by atomic mass is 16.5. The minimum Gasteiger partial charge on any atom is -0.496 e. The van der Waals surface area contributed by atoms with Crippen LogP contribution in [0.4, 0.5) is 0 Å². The molecule has 0 aliphatic carbocycles. The Balaban J connectivity index is 2.74. The van der Waals surface area contributed by atoms with Crippen LogP contribution in [-0.2, 0) is 10.2 Å². The number of hydrogen-bond donors (Lipinski definition) is 0. The second-order valence-corrected chi connectivity index (χ2v) is 5.08. The predicted octanol–water partition coefficient (Wildman–Crippen LogP) is 3.60. The molecule has 0 bridgehead atoms. The normalized spacial score (nSPS) is 11.0. The molecule has 0 amide bonds. The monoisotopic (exact) mass is 284 g/mol. The van der Waals surface area contributed by atoms with Gasteiger partial charge in [0.05, 0.1) is 19.6 Å². The van der Waals surface area contributed by atoms with Crippen molar-refractivity contribution < 1.29 is 14.3 Å². The molecule has 0 aromatic heterocycles. The average Bonchev–Trinajstić information content (AvgIpc) is 2.53. The number of benzene rings is 2. The van der Waals surface area contributed by atoms with Crippen LogP contribution in [0.1, 0.15) is 25.0 Å². The first-order valence-electron chi connectivity index (χ1n) is 6.83. The molecule has 2 aromatic rings. The summed E-state index contributed by atoms with van der Waals surface area (Å²) in [6.07, 6.45) is 0. The molecule has 2 aromatic carbocycles. The molecular formula is C18H20O3. The number of Topliss-reactive ketones (excluding diaryl/α,β-unsaturated/α-hetero) is 1. The number of para-hydroxylation sites is 2. The van der Waals surface area contributed by atoms with E-state index < -0.39 is 5.41 Å². The van der Waals surface area contributed by atoms with Gasteiger partial charge in [-0.3, -0.25) is 4.79 Å². The quantitative estimate of drug-likeness (QED) is 0.841. The Hall–Kier alpha value is -2.29. The van der Waals surface area contributed by atoms with Gasteiger partial charge in [0.2, 0.25) is 0 Å². The van der Waals surface area contributed by atoms with Crippen molar-refractivity contribution >= 4 is 5.78 Å². The Morgan fingerprint density at radius 1 is 0.857 bits per heavy atom. The van der Waals surface area contributed by atoms with Crippen LogP contribution >= 0.6 is 0 Å². The zero-order valence-electron chi connectivity index (χ0n) is 12.8. The smallest absolute Gasteiger partial charge is 0.144 e. The van der Waals surface area contributed by atoms with Gasteiger partial charge in [-0.05, 0) is 26.0 Å². The van der Waals surface area contributed by atoms with E-state index in [9.17, 15) is 4.79 Å². The van der Waals surface area contributed by atoms with E-state index in [1.807, 2.05) is 55.5 Å². The van der Waals surface area contributed by atoms with Crippen LogP contribution in [0.15, 0.2) is 48.5 Å². The van der Waals surface area contributed by atoms with Crippen molar-refractivity contribution in [2.45, 2.75) is 19.3 Å². The molecular weight excluding hydrogens is 264 g/mol. The SMILES string of the molecule is COc1ccccc1C(C)(C(C)=O)c1ccccc1OC. The van der Waals surface area contributed by atoms with E-state index in [1.54, 1.807) is 21.1 Å². The molecule has 0 heterocycles. The van der Waals surface area contributed by atoms with Crippen LogP contribution in [0.2, 0.25) is 0 Å². The Morgan fingerprint density at radius 2 is 1.24 bits per heavy atom. The minimum absolute atomic E-state index is 0.0384. The van der Waals surface area contributed by atoms with Crippen LogP contribution < -0.4 is 9.47 Å². The average molecular weight is 284 g/mol. The topological polar surface area (TPSA) is 35.5 Å². The van der Waals surface area contributed by atoms with Gasteiger partial charge in [-0.15, -0.1) is 0 Å². The molecule has 2 rings (SSSR count). The van der Waals surface area contributed by atoms with Crippen LogP contribution in [0.3, 0.4) is 0 Å². The third-order valence-corrected chi connectivity index (χ3v) is 4.00. The molecule has 21 heavy (non-hydrogen) atoms. The van der Waals surface area contributed by atoms with Gasteiger partial charge in [0, 0.05) is 11.1 Å². The number of ketones is 1. The molecule has 0 unspecified atom stereocenters. The standard InChI is InChI=1S/C18H20O3/c1-13(19)18(2,14-9-5-7-11-16(14)20-3)15-10-6-8-12-17(15)21-4/h5-12H,1-4H3. The lowest BCUT2D eigenvalue weighted by Crippen LogP contribution is -2.33. The van der Waals surface area contributed by atoms with Crippen LogP contribution in [-0.4, -0.2) is 20.0 Å². The Kier molecular flexibility index (Phi) is 4.32. The third kappa shape index (κ3) is 2.51. The molecule has 0 saturated heterocycles. The van der Waals surface area contributed by atoms with Gasteiger partial charge in [0.15, 0.2) is 0 Å². The zero-order chi connectivity index (χ0) is 15.5. The highest BCUT2D eigenvalue weighted by Gasteiger charge is 2.38. The van der Waals surface area contributed by atoms with Gasteiger partial charge < -0.3 is 9.47 Å². The molecule has 0 aliphatic heterocycles. The number of carbonyl (C=O) groups is 1. The summed E-state index contributed by atoms with van der Waals surface area (Å²) in [5, 5.41) is 0. The molecule has 0 saturated carbocycles. The second-order valence-electron chi connectivity index (χ2n) is 5.08. The van der Waals surface area contributed by atoms with E-state index in [0.717, 1.165) is 11.1 Å². The summed E-state index contributed by atoms with van der Waals surface area (Å²) in [7, 11) is 3.23. The van der Waals surface area contributed by atoms with Gasteiger partial charge in [0.1, 0.15) is 17.3 Å². The molecule has 0 spiro atoms. The van der Waals surface area contributed by atoms with Crippen LogP contribution in [0.5, 0.6) is 11.5 Å². The molecule has 0 aliphatic rings. The summed E-state index contributed by atoms with van der Waals surface area (Å²) in [5.74, 6) is 1.43. The minimum atomic E-state index is -0.820. The van der Waals surface area contributed by atoms with Crippen molar-refractivity contribution in [3.63, 3.8) is 0 Å². The van der Waals surface area contributed by atoms with Crippen molar-refractivity contribution in [1.82, 2.24) is 0 Å². The van der Waals surface area contributed by atoms with E-state index in [0.29, 0.717) is 11.5 Å². The Labute approximate surface area is 125 Å².